The molecule has 7 aromatic rings. The molecule has 0 fully saturated rings. The molecule has 0 saturated carbocycles. The van der Waals surface area contributed by atoms with E-state index in [-0.39, 0.29) is 0 Å². The number of fused-ring (bicyclic) bond motifs is 2. The van der Waals surface area contributed by atoms with Crippen LogP contribution >= 0.6 is 0 Å². The van der Waals surface area contributed by atoms with Crippen LogP contribution in [0.15, 0.2) is 84.9 Å². The van der Waals surface area contributed by atoms with E-state index >= 15 is 0 Å². The number of pyridine rings is 2. The number of benzene rings is 5. The van der Waals surface area contributed by atoms with Gasteiger partial charge in [0.15, 0.2) is 0 Å². The highest BCUT2D eigenvalue weighted by atomic mass is 14.7. The summed E-state index contributed by atoms with van der Waals surface area (Å²) >= 11 is 0. The van der Waals surface area contributed by atoms with Crippen LogP contribution in [0, 0.1) is 13.8 Å². The molecule has 5 aromatic carbocycles. The van der Waals surface area contributed by atoms with Gasteiger partial charge in [-0.1, -0.05) is 54.6 Å². The van der Waals surface area contributed by atoms with Crippen molar-refractivity contribution in [3.63, 3.8) is 0 Å². The average Bonchev–Trinajstić information content (AvgIpc) is 2.81. The molecule has 0 aliphatic rings. The summed E-state index contributed by atoms with van der Waals surface area (Å²) in [6.45, 7) is 4.21. The Hall–Kier alpha value is -4.04. The number of aryl methyl sites for hydroxylation is 2. The Morgan fingerprint density at radius 3 is 2.06 bits per heavy atom. The Morgan fingerprint density at radius 2 is 1.19 bits per heavy atom. The summed E-state index contributed by atoms with van der Waals surface area (Å²) in [7, 11) is 0. The molecule has 2 heteroatoms. The zero-order chi connectivity index (χ0) is 21.4. The number of hydrogen-bond acceptors (Lipinski definition) is 2. The predicted molar refractivity (Wildman–Crippen MR) is 136 cm³/mol. The molecule has 0 aliphatic heterocycles. The van der Waals surface area contributed by atoms with Crippen molar-refractivity contribution in [2.45, 2.75) is 13.8 Å². The van der Waals surface area contributed by atoms with E-state index in [1.54, 1.807) is 0 Å². The van der Waals surface area contributed by atoms with Crippen molar-refractivity contribution < 1.29 is 0 Å². The number of nitrogens with zero attached hydrogens (tertiary/aromatic N) is 2. The summed E-state index contributed by atoms with van der Waals surface area (Å²) in [4.78, 5) is 9.99. The van der Waals surface area contributed by atoms with Gasteiger partial charge in [0.1, 0.15) is 0 Å². The standard InChI is InChI=1S/C30H20N2/c1-17-23-10-6-12-27-29(23)30-25(18(2)31-27)15-22(16-28(30)32-17)24-11-5-9-21-13-19-7-3-4-8-20(19)14-26(21)24/h3-16H,1-2H3. The minimum absolute atomic E-state index is 1.04. The van der Waals surface area contributed by atoms with Gasteiger partial charge in [-0.05, 0) is 76.9 Å². The molecule has 150 valence electrons. The molecule has 2 nitrogen and oxygen atoms in total. The molecule has 0 spiro atoms. The Labute approximate surface area is 185 Å². The molecular formula is C30H20N2. The fourth-order valence-electron chi connectivity index (χ4n) is 5.32. The van der Waals surface area contributed by atoms with E-state index in [1.807, 2.05) is 0 Å². The average molecular weight is 409 g/mol. The maximum Gasteiger partial charge on any atom is 0.0725 e. The zero-order valence-electron chi connectivity index (χ0n) is 18.0. The lowest BCUT2D eigenvalue weighted by atomic mass is 9.91. The van der Waals surface area contributed by atoms with Crippen LogP contribution in [0.3, 0.4) is 0 Å². The van der Waals surface area contributed by atoms with Gasteiger partial charge in [0.2, 0.25) is 0 Å². The topological polar surface area (TPSA) is 25.8 Å². The monoisotopic (exact) mass is 408 g/mol. The molecule has 0 aliphatic carbocycles. The lowest BCUT2D eigenvalue weighted by Crippen LogP contribution is -1.96. The first kappa shape index (κ1) is 17.6. The fraction of sp³-hybridized carbons (Fsp3) is 0.0667. The summed E-state index contributed by atoms with van der Waals surface area (Å²) < 4.78 is 0. The molecule has 0 bridgehead atoms. The van der Waals surface area contributed by atoms with E-state index < -0.39 is 0 Å². The van der Waals surface area contributed by atoms with Crippen LogP contribution in [-0.4, -0.2) is 9.97 Å². The second-order valence-electron chi connectivity index (χ2n) is 8.74. The van der Waals surface area contributed by atoms with Crippen molar-refractivity contribution in [3.8, 4) is 11.1 Å². The van der Waals surface area contributed by atoms with Crippen LogP contribution in [0.5, 0.6) is 0 Å². The first-order chi connectivity index (χ1) is 15.7. The zero-order valence-corrected chi connectivity index (χ0v) is 18.0. The highest BCUT2D eigenvalue weighted by molar-refractivity contribution is 6.23. The number of hydrogen-bond donors (Lipinski definition) is 0. The predicted octanol–water partition coefficient (Wildman–Crippen LogP) is 7.96. The largest absolute Gasteiger partial charge is 0.252 e. The Morgan fingerprint density at radius 1 is 0.500 bits per heavy atom. The number of aromatic nitrogens is 2. The minimum Gasteiger partial charge on any atom is -0.252 e. The van der Waals surface area contributed by atoms with Crippen LogP contribution in [0.2, 0.25) is 0 Å². The van der Waals surface area contributed by atoms with E-state index in [0.29, 0.717) is 0 Å². The van der Waals surface area contributed by atoms with Crippen molar-refractivity contribution in [3.05, 3.63) is 96.3 Å². The van der Waals surface area contributed by atoms with Crippen LogP contribution in [0.1, 0.15) is 11.4 Å². The van der Waals surface area contributed by atoms with Crippen LogP contribution in [0.25, 0.3) is 65.3 Å². The molecule has 0 N–H and O–H groups in total. The minimum atomic E-state index is 1.04. The highest BCUT2D eigenvalue weighted by Gasteiger charge is 2.16. The van der Waals surface area contributed by atoms with Gasteiger partial charge < -0.3 is 0 Å². The van der Waals surface area contributed by atoms with Crippen LogP contribution in [0.4, 0.5) is 0 Å². The molecule has 0 unspecified atom stereocenters. The maximum absolute atomic E-state index is 5.04. The van der Waals surface area contributed by atoms with Gasteiger partial charge in [-0.15, -0.1) is 0 Å². The summed E-state index contributed by atoms with van der Waals surface area (Å²) in [5.74, 6) is 0. The van der Waals surface area contributed by atoms with Gasteiger partial charge in [-0.25, -0.2) is 0 Å². The molecule has 0 amide bonds. The fourth-order valence-corrected chi connectivity index (χ4v) is 5.32. The van der Waals surface area contributed by atoms with Gasteiger partial charge in [-0.3, -0.25) is 9.97 Å². The van der Waals surface area contributed by atoms with Crippen molar-refractivity contribution in [2.75, 3.05) is 0 Å². The molecular weight excluding hydrogens is 388 g/mol. The smallest absolute Gasteiger partial charge is 0.0725 e. The van der Waals surface area contributed by atoms with Gasteiger partial charge in [0, 0.05) is 32.9 Å². The quantitative estimate of drug-likeness (QED) is 0.203. The maximum atomic E-state index is 5.04. The Bertz CT molecular complexity index is 1850. The van der Waals surface area contributed by atoms with E-state index in [4.69, 9.17) is 9.97 Å². The SMILES string of the molecule is Cc1nc2cc(-c3cccc4cc5ccccc5cc34)cc3c(C)nc4cccc1c4c23. The third-order valence-corrected chi connectivity index (χ3v) is 6.82. The van der Waals surface area contributed by atoms with Crippen LogP contribution < -0.4 is 0 Å². The Kier molecular flexibility index (Phi) is 3.44. The van der Waals surface area contributed by atoms with Crippen molar-refractivity contribution in [1.82, 2.24) is 9.97 Å². The van der Waals surface area contributed by atoms with E-state index in [9.17, 15) is 0 Å². The summed E-state index contributed by atoms with van der Waals surface area (Å²) in [5, 5.41) is 9.88. The molecule has 0 atom stereocenters. The van der Waals surface area contributed by atoms with Crippen molar-refractivity contribution in [1.29, 1.82) is 0 Å². The summed E-state index contributed by atoms with van der Waals surface area (Å²) in [6.07, 6.45) is 0. The van der Waals surface area contributed by atoms with Crippen LogP contribution in [-0.2, 0) is 0 Å². The van der Waals surface area contributed by atoms with E-state index in [0.717, 1.165) is 22.4 Å². The van der Waals surface area contributed by atoms with E-state index in [2.05, 4.69) is 98.8 Å². The molecule has 2 heterocycles. The summed E-state index contributed by atoms with van der Waals surface area (Å²) in [5.41, 5.74) is 6.62. The van der Waals surface area contributed by atoms with Gasteiger partial charge in [0.25, 0.3) is 0 Å². The summed E-state index contributed by atoms with van der Waals surface area (Å²) in [6, 6.07) is 30.6. The van der Waals surface area contributed by atoms with Crippen molar-refractivity contribution in [2.24, 2.45) is 0 Å². The third kappa shape index (κ3) is 2.35. The lowest BCUT2D eigenvalue weighted by molar-refractivity contribution is 1.26. The number of rotatable bonds is 1. The normalized spacial score (nSPS) is 12.1. The van der Waals surface area contributed by atoms with E-state index in [1.165, 1.54) is 54.2 Å². The molecule has 2 aromatic heterocycles. The van der Waals surface area contributed by atoms with Crippen molar-refractivity contribution >= 4 is 54.1 Å². The molecule has 7 rings (SSSR count). The first-order valence-corrected chi connectivity index (χ1v) is 11.0. The molecule has 32 heavy (non-hydrogen) atoms. The van der Waals surface area contributed by atoms with Gasteiger partial charge in [0.05, 0.1) is 11.0 Å². The second-order valence-corrected chi connectivity index (χ2v) is 8.74. The second kappa shape index (κ2) is 6.24. The molecule has 0 saturated heterocycles. The highest BCUT2D eigenvalue weighted by Crippen LogP contribution is 2.39. The third-order valence-electron chi connectivity index (χ3n) is 6.82. The molecule has 0 radical (unpaired) electrons. The lowest BCUT2D eigenvalue weighted by Gasteiger charge is -2.16. The van der Waals surface area contributed by atoms with Gasteiger partial charge in [-0.2, -0.15) is 0 Å². The first-order valence-electron chi connectivity index (χ1n) is 11.0. The Balaban J connectivity index is 1.62. The van der Waals surface area contributed by atoms with Gasteiger partial charge >= 0.3 is 0 Å².